The van der Waals surface area contributed by atoms with Gasteiger partial charge in [0.1, 0.15) is 0 Å². The Labute approximate surface area is 135 Å². The smallest absolute Gasteiger partial charge is 0.224 e. The largest absolute Gasteiger partial charge is 0.378 e. The quantitative estimate of drug-likeness (QED) is 0.819. The first-order valence-electron chi connectivity index (χ1n) is 8.19. The molecule has 0 aromatic heterocycles. The number of carbonyl (C=O) groups excluding carboxylic acids is 1. The monoisotopic (exact) mass is 318 g/mol. The molecule has 1 amide bonds. The minimum atomic E-state index is -0.123. The second kappa shape index (κ2) is 7.80. The molecule has 124 valence electrons. The standard InChI is InChI=1S/C16H30N2O2.ClH/c1-4-20-14-10-13(16(14)8-6-5-7-9-16)18-15(19)11(2)12(3)17;/h11-14H,4-10,17H2,1-3H3,(H,18,19);1H. The van der Waals surface area contributed by atoms with E-state index in [0.717, 1.165) is 13.0 Å². The van der Waals surface area contributed by atoms with Crippen LogP contribution >= 0.6 is 12.4 Å². The Morgan fingerprint density at radius 3 is 2.48 bits per heavy atom. The van der Waals surface area contributed by atoms with E-state index in [2.05, 4.69) is 12.2 Å². The van der Waals surface area contributed by atoms with Gasteiger partial charge >= 0.3 is 0 Å². The maximum Gasteiger partial charge on any atom is 0.224 e. The molecule has 4 atom stereocenters. The summed E-state index contributed by atoms with van der Waals surface area (Å²) in [5, 5.41) is 3.25. The predicted molar refractivity (Wildman–Crippen MR) is 87.5 cm³/mol. The average molecular weight is 319 g/mol. The lowest BCUT2D eigenvalue weighted by molar-refractivity contribution is -0.158. The number of hydrogen-bond donors (Lipinski definition) is 2. The molecule has 2 fully saturated rings. The van der Waals surface area contributed by atoms with Crippen molar-refractivity contribution >= 4 is 18.3 Å². The third-order valence-corrected chi connectivity index (χ3v) is 5.46. The van der Waals surface area contributed by atoms with Crippen LogP contribution in [0.15, 0.2) is 0 Å². The second-order valence-corrected chi connectivity index (χ2v) is 6.68. The van der Waals surface area contributed by atoms with Crippen LogP contribution in [0.1, 0.15) is 59.3 Å². The zero-order chi connectivity index (χ0) is 14.8. The van der Waals surface area contributed by atoms with Gasteiger partial charge in [-0.15, -0.1) is 12.4 Å². The van der Waals surface area contributed by atoms with Crippen LogP contribution in [0.25, 0.3) is 0 Å². The average Bonchev–Trinajstić information content (AvgIpc) is 2.46. The lowest BCUT2D eigenvalue weighted by atomic mass is 9.55. The zero-order valence-electron chi connectivity index (χ0n) is 13.6. The molecule has 4 unspecified atom stereocenters. The molecule has 2 aliphatic rings. The van der Waals surface area contributed by atoms with Crippen molar-refractivity contribution in [3.63, 3.8) is 0 Å². The number of rotatable bonds is 5. The number of nitrogens with one attached hydrogen (secondary N) is 1. The van der Waals surface area contributed by atoms with Crippen LogP contribution in [0, 0.1) is 11.3 Å². The van der Waals surface area contributed by atoms with Crippen LogP contribution in [-0.2, 0) is 9.53 Å². The van der Waals surface area contributed by atoms with Gasteiger partial charge in [-0.3, -0.25) is 4.79 Å². The normalized spacial score (nSPS) is 29.9. The van der Waals surface area contributed by atoms with E-state index in [1.54, 1.807) is 0 Å². The van der Waals surface area contributed by atoms with Crippen molar-refractivity contribution < 1.29 is 9.53 Å². The van der Waals surface area contributed by atoms with Crippen LogP contribution in [0.5, 0.6) is 0 Å². The van der Waals surface area contributed by atoms with Gasteiger partial charge in [-0.2, -0.15) is 0 Å². The summed E-state index contributed by atoms with van der Waals surface area (Å²) in [6.07, 6.45) is 7.52. The first kappa shape index (κ1) is 18.7. The van der Waals surface area contributed by atoms with Crippen molar-refractivity contribution in [2.45, 2.75) is 77.5 Å². The summed E-state index contributed by atoms with van der Waals surface area (Å²) in [4.78, 5) is 12.2. The van der Waals surface area contributed by atoms with E-state index in [1.165, 1.54) is 32.1 Å². The van der Waals surface area contributed by atoms with Gasteiger partial charge in [0.25, 0.3) is 0 Å². The molecule has 0 radical (unpaired) electrons. The fourth-order valence-corrected chi connectivity index (χ4v) is 3.81. The van der Waals surface area contributed by atoms with Gasteiger partial charge in [0.15, 0.2) is 0 Å². The Morgan fingerprint density at radius 1 is 1.33 bits per heavy atom. The van der Waals surface area contributed by atoms with Crippen LogP contribution in [0.2, 0.25) is 0 Å². The van der Waals surface area contributed by atoms with Gasteiger partial charge in [-0.25, -0.2) is 0 Å². The van der Waals surface area contributed by atoms with Crippen molar-refractivity contribution in [1.82, 2.24) is 5.32 Å². The third kappa shape index (κ3) is 3.72. The van der Waals surface area contributed by atoms with Gasteiger partial charge in [-0.05, 0) is 33.1 Å². The van der Waals surface area contributed by atoms with E-state index in [0.29, 0.717) is 6.10 Å². The van der Waals surface area contributed by atoms with Gasteiger partial charge < -0.3 is 15.8 Å². The van der Waals surface area contributed by atoms with Gasteiger partial charge in [0, 0.05) is 30.0 Å². The molecule has 0 bridgehead atoms. The summed E-state index contributed by atoms with van der Waals surface area (Å²) < 4.78 is 5.91. The second-order valence-electron chi connectivity index (χ2n) is 6.68. The Bertz CT molecular complexity index is 343. The van der Waals surface area contributed by atoms with Crippen LogP contribution in [-0.4, -0.2) is 30.7 Å². The fourth-order valence-electron chi connectivity index (χ4n) is 3.81. The number of amides is 1. The molecule has 0 saturated heterocycles. The summed E-state index contributed by atoms with van der Waals surface area (Å²) in [6, 6.07) is 0.188. The molecule has 0 heterocycles. The highest BCUT2D eigenvalue weighted by atomic mass is 35.5. The van der Waals surface area contributed by atoms with Crippen molar-refractivity contribution in [3.8, 4) is 0 Å². The molecule has 4 nitrogen and oxygen atoms in total. The third-order valence-electron chi connectivity index (χ3n) is 5.46. The molecule has 2 aliphatic carbocycles. The topological polar surface area (TPSA) is 64.3 Å². The molecule has 21 heavy (non-hydrogen) atoms. The van der Waals surface area contributed by atoms with Gasteiger partial charge in [-0.1, -0.05) is 26.2 Å². The van der Waals surface area contributed by atoms with E-state index in [-0.39, 0.29) is 41.7 Å². The minimum absolute atomic E-state index is 0. The maximum atomic E-state index is 12.2. The molecule has 5 heteroatoms. The highest BCUT2D eigenvalue weighted by Crippen LogP contribution is 2.53. The van der Waals surface area contributed by atoms with Crippen LogP contribution in [0.4, 0.5) is 0 Å². The first-order chi connectivity index (χ1) is 9.51. The Balaban J connectivity index is 0.00000220. The zero-order valence-corrected chi connectivity index (χ0v) is 14.4. The van der Waals surface area contributed by atoms with E-state index in [4.69, 9.17) is 10.5 Å². The summed E-state index contributed by atoms with van der Waals surface area (Å²) in [6.45, 7) is 6.63. The molecular weight excluding hydrogens is 288 g/mol. The van der Waals surface area contributed by atoms with Crippen molar-refractivity contribution in [1.29, 1.82) is 0 Å². The van der Waals surface area contributed by atoms with Crippen molar-refractivity contribution in [2.75, 3.05) is 6.61 Å². The van der Waals surface area contributed by atoms with Crippen molar-refractivity contribution in [2.24, 2.45) is 17.1 Å². The maximum absolute atomic E-state index is 12.2. The number of halogens is 1. The molecule has 3 N–H and O–H groups in total. The molecule has 2 rings (SSSR count). The number of ether oxygens (including phenoxy) is 1. The lowest BCUT2D eigenvalue weighted by Crippen LogP contribution is -2.66. The fraction of sp³-hybridized carbons (Fsp3) is 0.938. The van der Waals surface area contributed by atoms with E-state index in [9.17, 15) is 4.79 Å². The van der Waals surface area contributed by atoms with Crippen LogP contribution < -0.4 is 11.1 Å². The van der Waals surface area contributed by atoms with Gasteiger partial charge in [0.05, 0.1) is 6.10 Å². The lowest BCUT2D eigenvalue weighted by Gasteiger charge is -2.57. The summed E-state index contributed by atoms with van der Waals surface area (Å²) in [5.74, 6) is -0.0216. The highest BCUT2D eigenvalue weighted by molar-refractivity contribution is 5.85. The van der Waals surface area contributed by atoms with E-state index in [1.807, 2.05) is 13.8 Å². The molecule has 1 spiro atoms. The summed E-state index contributed by atoms with van der Waals surface area (Å²) >= 11 is 0. The molecule has 0 aromatic rings. The summed E-state index contributed by atoms with van der Waals surface area (Å²) in [7, 11) is 0. The Kier molecular flexibility index (Phi) is 6.95. The van der Waals surface area contributed by atoms with Gasteiger partial charge in [0.2, 0.25) is 5.91 Å². The molecule has 2 saturated carbocycles. The first-order valence-corrected chi connectivity index (χ1v) is 8.19. The number of hydrogen-bond acceptors (Lipinski definition) is 3. The Morgan fingerprint density at radius 2 is 1.95 bits per heavy atom. The predicted octanol–water partition coefficient (Wildman–Crippen LogP) is 2.64. The molecule has 0 aliphatic heterocycles. The highest BCUT2D eigenvalue weighted by Gasteiger charge is 2.56. The minimum Gasteiger partial charge on any atom is -0.378 e. The Hall–Kier alpha value is -0.320. The number of carbonyl (C=O) groups is 1. The summed E-state index contributed by atoms with van der Waals surface area (Å²) in [5.41, 5.74) is 6.03. The van der Waals surface area contributed by atoms with Crippen LogP contribution in [0.3, 0.4) is 0 Å². The SMILES string of the molecule is CCOC1CC(NC(=O)C(C)C(C)N)C12CCCCC2.Cl. The number of nitrogens with two attached hydrogens (primary N) is 1. The van der Waals surface area contributed by atoms with E-state index < -0.39 is 0 Å². The van der Waals surface area contributed by atoms with Crippen molar-refractivity contribution in [3.05, 3.63) is 0 Å². The van der Waals surface area contributed by atoms with E-state index >= 15 is 0 Å². The molecule has 0 aromatic carbocycles. The molecular formula is C16H31ClN2O2.